The largest absolute Gasteiger partial charge is 0.497 e. The van der Waals surface area contributed by atoms with Crippen LogP contribution in [-0.2, 0) is 27.6 Å². The summed E-state index contributed by atoms with van der Waals surface area (Å²) >= 11 is 3.18. The number of benzene rings is 3. The molecular formula is C34H47N3O7S2. The smallest absolute Gasteiger partial charge is 0.321 e. The molecule has 1 amide bonds. The van der Waals surface area contributed by atoms with Crippen molar-refractivity contribution in [3.05, 3.63) is 89.5 Å². The van der Waals surface area contributed by atoms with Crippen LogP contribution in [0.25, 0.3) is 0 Å². The number of carboxylic acids is 1. The topological polar surface area (TPSA) is 152 Å². The number of thioether (sulfide) groups is 2. The molecule has 0 saturated carbocycles. The summed E-state index contributed by atoms with van der Waals surface area (Å²) in [5.74, 6) is 2.43. The fraction of sp³-hybridized carbons (Fsp3) is 0.412. The molecule has 10 nitrogen and oxygen atoms in total. The average molecular weight is 674 g/mol. The SMILES string of the molecule is COc1ccc(CNC(C(=O)NO)C(C)(C)SCc2ccc(OC)cc2)cc1.COc1ccc(CSC(C)(C)C(N)C(=O)O)cc1. The van der Waals surface area contributed by atoms with Crippen LogP contribution in [0.5, 0.6) is 17.2 Å². The first-order valence-electron chi connectivity index (χ1n) is 14.6. The summed E-state index contributed by atoms with van der Waals surface area (Å²) in [5, 5.41) is 21.4. The Hall–Kier alpha value is -3.42. The highest BCUT2D eigenvalue weighted by atomic mass is 32.2. The van der Waals surface area contributed by atoms with E-state index in [1.165, 1.54) is 11.8 Å². The predicted octanol–water partition coefficient (Wildman–Crippen LogP) is 5.50. The van der Waals surface area contributed by atoms with Crippen molar-refractivity contribution in [1.29, 1.82) is 0 Å². The van der Waals surface area contributed by atoms with Gasteiger partial charge in [-0.15, -0.1) is 23.5 Å². The van der Waals surface area contributed by atoms with E-state index in [0.717, 1.165) is 45.4 Å². The van der Waals surface area contributed by atoms with E-state index in [1.807, 2.05) is 100 Å². The summed E-state index contributed by atoms with van der Waals surface area (Å²) in [6.07, 6.45) is 0. The summed E-state index contributed by atoms with van der Waals surface area (Å²) in [5.41, 5.74) is 10.7. The van der Waals surface area contributed by atoms with Gasteiger partial charge in [-0.2, -0.15) is 0 Å². The molecule has 6 N–H and O–H groups in total. The number of ether oxygens (including phenoxy) is 3. The van der Waals surface area contributed by atoms with E-state index in [9.17, 15) is 14.8 Å². The molecule has 3 aromatic rings. The molecule has 0 aliphatic carbocycles. The first-order valence-corrected chi connectivity index (χ1v) is 16.6. The van der Waals surface area contributed by atoms with Gasteiger partial charge in [0.25, 0.3) is 5.91 Å². The van der Waals surface area contributed by atoms with Crippen LogP contribution < -0.4 is 30.7 Å². The maximum absolute atomic E-state index is 12.3. The van der Waals surface area contributed by atoms with Crippen LogP contribution in [0.15, 0.2) is 72.8 Å². The molecule has 0 bridgehead atoms. The van der Waals surface area contributed by atoms with E-state index < -0.39 is 33.5 Å². The van der Waals surface area contributed by atoms with Gasteiger partial charge in [0.1, 0.15) is 29.3 Å². The first-order chi connectivity index (χ1) is 21.8. The Labute approximate surface area is 280 Å². The zero-order chi connectivity index (χ0) is 34.3. The zero-order valence-electron chi connectivity index (χ0n) is 27.5. The third kappa shape index (κ3) is 12.4. The lowest BCUT2D eigenvalue weighted by molar-refractivity contribution is -0.139. The van der Waals surface area contributed by atoms with E-state index in [0.29, 0.717) is 6.54 Å². The van der Waals surface area contributed by atoms with Crippen LogP contribution in [0.4, 0.5) is 0 Å². The number of carbonyl (C=O) groups excluding carboxylic acids is 1. The van der Waals surface area contributed by atoms with Crippen molar-refractivity contribution in [2.24, 2.45) is 5.73 Å². The first kappa shape index (κ1) is 38.8. The molecule has 2 unspecified atom stereocenters. The Balaban J connectivity index is 0.000000353. The molecule has 0 aromatic heterocycles. The molecule has 0 radical (unpaired) electrons. The quantitative estimate of drug-likeness (QED) is 0.0969. The van der Waals surface area contributed by atoms with Crippen molar-refractivity contribution in [2.45, 2.75) is 67.3 Å². The predicted molar refractivity (Wildman–Crippen MR) is 186 cm³/mol. The molecule has 0 aliphatic rings. The Morgan fingerprint density at radius 3 is 1.43 bits per heavy atom. The third-order valence-electron chi connectivity index (χ3n) is 7.29. The number of amides is 1. The van der Waals surface area contributed by atoms with Gasteiger partial charge in [0.15, 0.2) is 0 Å². The van der Waals surface area contributed by atoms with Crippen LogP contribution in [0.2, 0.25) is 0 Å². The molecule has 0 aliphatic heterocycles. The molecule has 46 heavy (non-hydrogen) atoms. The van der Waals surface area contributed by atoms with Crippen molar-refractivity contribution in [2.75, 3.05) is 21.3 Å². The molecule has 3 aromatic carbocycles. The minimum atomic E-state index is -0.970. The van der Waals surface area contributed by atoms with Crippen LogP contribution in [0, 0.1) is 0 Å². The molecule has 2 atom stereocenters. The number of hydrogen-bond donors (Lipinski definition) is 5. The molecule has 0 heterocycles. The van der Waals surface area contributed by atoms with Gasteiger partial charge in [-0.25, -0.2) is 5.48 Å². The number of hydrogen-bond acceptors (Lipinski definition) is 10. The number of carboxylic acid groups (broad SMARTS) is 1. The summed E-state index contributed by atoms with van der Waals surface area (Å²) in [4.78, 5) is 23.2. The standard InChI is InChI=1S/C21H28N2O4S.C13H19NO3S/c1-21(2,28-14-16-7-11-18(27-4)12-8-16)19(20(24)23-25)22-13-15-5-9-17(26-3)10-6-15;1-13(2,11(14)12(15)16)18-8-9-4-6-10(17-3)7-5-9/h5-12,19,22,25H,13-14H2,1-4H3,(H,23,24);4-7,11H,8,14H2,1-3H3,(H,15,16). The summed E-state index contributed by atoms with van der Waals surface area (Å²) in [6, 6.07) is 21.7. The maximum Gasteiger partial charge on any atom is 0.321 e. The Kier molecular flexibility index (Phi) is 15.7. The fourth-order valence-electron chi connectivity index (χ4n) is 4.13. The normalized spacial score (nSPS) is 12.6. The van der Waals surface area contributed by atoms with Crippen molar-refractivity contribution in [1.82, 2.24) is 10.8 Å². The number of nitrogens with two attached hydrogens (primary N) is 1. The van der Waals surface area contributed by atoms with E-state index in [1.54, 1.807) is 38.6 Å². The monoisotopic (exact) mass is 673 g/mol. The van der Waals surface area contributed by atoms with Gasteiger partial charge in [-0.1, -0.05) is 36.4 Å². The van der Waals surface area contributed by atoms with E-state index in [-0.39, 0.29) is 0 Å². The molecule has 0 fully saturated rings. The number of hydroxylamine groups is 1. The van der Waals surface area contributed by atoms with Crippen molar-refractivity contribution < 1.29 is 34.1 Å². The second kappa shape index (κ2) is 18.7. The minimum absolute atomic E-state index is 0.458. The lowest BCUT2D eigenvalue weighted by Gasteiger charge is -2.33. The number of methoxy groups -OCH3 is 3. The highest BCUT2D eigenvalue weighted by molar-refractivity contribution is 8.00. The van der Waals surface area contributed by atoms with Gasteiger partial charge in [0.2, 0.25) is 0 Å². The molecule has 12 heteroatoms. The van der Waals surface area contributed by atoms with Crippen LogP contribution in [0.1, 0.15) is 44.4 Å². The minimum Gasteiger partial charge on any atom is -0.497 e. The van der Waals surface area contributed by atoms with Crippen molar-refractivity contribution in [3.63, 3.8) is 0 Å². The van der Waals surface area contributed by atoms with Gasteiger partial charge in [0, 0.05) is 27.5 Å². The lowest BCUT2D eigenvalue weighted by Crippen LogP contribution is -2.54. The van der Waals surface area contributed by atoms with Crippen LogP contribution in [0.3, 0.4) is 0 Å². The van der Waals surface area contributed by atoms with Gasteiger partial charge in [-0.05, 0) is 80.8 Å². The highest BCUT2D eigenvalue weighted by Gasteiger charge is 2.35. The van der Waals surface area contributed by atoms with E-state index in [4.69, 9.17) is 25.1 Å². The third-order valence-corrected chi connectivity index (χ3v) is 10.2. The zero-order valence-corrected chi connectivity index (χ0v) is 29.2. The lowest BCUT2D eigenvalue weighted by atomic mass is 10.0. The number of rotatable bonds is 16. The summed E-state index contributed by atoms with van der Waals surface area (Å²) in [6.45, 7) is 8.17. The molecule has 252 valence electrons. The van der Waals surface area contributed by atoms with Crippen molar-refractivity contribution >= 4 is 35.4 Å². The van der Waals surface area contributed by atoms with Gasteiger partial charge in [0.05, 0.1) is 21.3 Å². The Morgan fingerprint density at radius 1 is 0.717 bits per heavy atom. The fourth-order valence-corrected chi connectivity index (χ4v) is 6.23. The van der Waals surface area contributed by atoms with Crippen LogP contribution in [-0.4, -0.2) is 65.1 Å². The molecular weight excluding hydrogens is 627 g/mol. The van der Waals surface area contributed by atoms with Crippen LogP contribution >= 0.6 is 23.5 Å². The maximum atomic E-state index is 12.3. The second-order valence-electron chi connectivity index (χ2n) is 11.4. The van der Waals surface area contributed by atoms with E-state index >= 15 is 0 Å². The molecule has 3 rings (SSSR count). The summed E-state index contributed by atoms with van der Waals surface area (Å²) < 4.78 is 14.5. The van der Waals surface area contributed by atoms with Crippen molar-refractivity contribution in [3.8, 4) is 17.2 Å². The number of nitrogens with one attached hydrogen (secondary N) is 2. The Bertz CT molecular complexity index is 1350. The second-order valence-corrected chi connectivity index (χ2v) is 14.7. The number of aliphatic carboxylic acids is 1. The molecule has 0 saturated heterocycles. The number of carbonyl (C=O) groups is 2. The highest BCUT2D eigenvalue weighted by Crippen LogP contribution is 2.33. The average Bonchev–Trinajstić information content (AvgIpc) is 3.06. The van der Waals surface area contributed by atoms with Gasteiger partial charge in [-0.3, -0.25) is 14.8 Å². The van der Waals surface area contributed by atoms with Gasteiger partial charge >= 0.3 is 5.97 Å². The van der Waals surface area contributed by atoms with Gasteiger partial charge < -0.3 is 30.4 Å². The van der Waals surface area contributed by atoms with E-state index in [2.05, 4.69) is 5.32 Å². The summed E-state index contributed by atoms with van der Waals surface area (Å²) in [7, 11) is 4.88. The molecule has 0 spiro atoms. The Morgan fingerprint density at radius 2 is 1.09 bits per heavy atom.